The molecular weight excluding hydrogens is 270 g/mol. The van der Waals surface area contributed by atoms with Crippen LogP contribution in [-0.2, 0) is 13.6 Å². The van der Waals surface area contributed by atoms with E-state index in [9.17, 15) is 4.79 Å². The second kappa shape index (κ2) is 5.51. The normalized spacial score (nSPS) is 14.0. The third-order valence-corrected chi connectivity index (χ3v) is 3.38. The molecule has 0 bridgehead atoms. The monoisotopic (exact) mass is 287 g/mol. The highest BCUT2D eigenvalue weighted by atomic mass is 16.5. The molecule has 2 aromatic rings. The average molecular weight is 287 g/mol. The second-order valence-corrected chi connectivity index (χ2v) is 5.06. The molecule has 110 valence electrons. The van der Waals surface area contributed by atoms with Crippen molar-refractivity contribution in [2.45, 2.75) is 25.3 Å². The van der Waals surface area contributed by atoms with Crippen LogP contribution in [0.2, 0.25) is 0 Å². The van der Waals surface area contributed by atoms with E-state index in [-0.39, 0.29) is 5.91 Å². The number of methoxy groups -OCH3 is 1. The van der Waals surface area contributed by atoms with Gasteiger partial charge in [0.25, 0.3) is 5.91 Å². The lowest BCUT2D eigenvalue weighted by Crippen LogP contribution is -2.26. The molecule has 0 atom stereocenters. The van der Waals surface area contributed by atoms with Gasteiger partial charge in [0.15, 0.2) is 5.82 Å². The number of carbonyl (C=O) groups excluding carboxylic acids is 1. The fraction of sp³-hybridized carbons (Fsp3) is 0.429. The Morgan fingerprint density at radius 1 is 1.52 bits per heavy atom. The zero-order valence-corrected chi connectivity index (χ0v) is 12.0. The van der Waals surface area contributed by atoms with Crippen molar-refractivity contribution in [1.82, 2.24) is 25.1 Å². The predicted molar refractivity (Wildman–Crippen MR) is 74.9 cm³/mol. The quantitative estimate of drug-likeness (QED) is 0.888. The minimum atomic E-state index is -0.249. The zero-order chi connectivity index (χ0) is 14.8. The molecule has 2 heterocycles. The Bertz CT molecular complexity index is 663. The molecular formula is C14H17N5O2. The van der Waals surface area contributed by atoms with Crippen LogP contribution in [0.15, 0.2) is 18.3 Å². The summed E-state index contributed by atoms with van der Waals surface area (Å²) in [4.78, 5) is 20.6. The minimum absolute atomic E-state index is 0.249. The summed E-state index contributed by atoms with van der Waals surface area (Å²) in [7, 11) is 3.33. The maximum atomic E-state index is 12.2. The first-order chi connectivity index (χ1) is 10.2. The lowest BCUT2D eigenvalue weighted by Gasteiger charge is -2.05. The highest BCUT2D eigenvalue weighted by molar-refractivity contribution is 5.90. The molecule has 21 heavy (non-hydrogen) atoms. The third kappa shape index (κ3) is 3.01. The van der Waals surface area contributed by atoms with Crippen molar-refractivity contribution in [2.24, 2.45) is 7.05 Å². The van der Waals surface area contributed by atoms with Crippen molar-refractivity contribution in [2.75, 3.05) is 7.11 Å². The molecule has 0 aliphatic heterocycles. The Kier molecular flexibility index (Phi) is 3.55. The van der Waals surface area contributed by atoms with Gasteiger partial charge in [-0.1, -0.05) is 0 Å². The molecule has 1 N–H and O–H groups in total. The van der Waals surface area contributed by atoms with Gasteiger partial charge in [0.1, 0.15) is 5.75 Å². The SMILES string of the molecule is COc1ccnc(CNC(=O)c2nc(C3CC3)nn2C)c1. The highest BCUT2D eigenvalue weighted by Gasteiger charge is 2.29. The number of nitrogens with zero attached hydrogens (tertiary/aromatic N) is 4. The number of ether oxygens (including phenoxy) is 1. The number of aryl methyl sites for hydroxylation is 1. The van der Waals surface area contributed by atoms with Gasteiger partial charge in [-0.15, -0.1) is 0 Å². The molecule has 1 aliphatic rings. The Morgan fingerprint density at radius 3 is 3.05 bits per heavy atom. The summed E-state index contributed by atoms with van der Waals surface area (Å²) in [5.41, 5.74) is 0.729. The molecule has 7 nitrogen and oxygen atoms in total. The summed E-state index contributed by atoms with van der Waals surface area (Å²) in [6, 6.07) is 3.54. The van der Waals surface area contributed by atoms with E-state index in [1.165, 1.54) is 4.68 Å². The molecule has 3 rings (SSSR count). The molecule has 1 aliphatic carbocycles. The highest BCUT2D eigenvalue weighted by Crippen LogP contribution is 2.37. The third-order valence-electron chi connectivity index (χ3n) is 3.38. The fourth-order valence-electron chi connectivity index (χ4n) is 2.05. The van der Waals surface area contributed by atoms with E-state index in [1.807, 2.05) is 0 Å². The molecule has 0 aromatic carbocycles. The van der Waals surface area contributed by atoms with Crippen LogP contribution in [0.4, 0.5) is 0 Å². The lowest BCUT2D eigenvalue weighted by molar-refractivity contribution is 0.0935. The Labute approximate surface area is 122 Å². The van der Waals surface area contributed by atoms with E-state index < -0.39 is 0 Å². The van der Waals surface area contributed by atoms with E-state index in [0.717, 1.165) is 24.4 Å². The summed E-state index contributed by atoms with van der Waals surface area (Å²) in [6.07, 6.45) is 3.87. The van der Waals surface area contributed by atoms with Gasteiger partial charge in [0.05, 0.1) is 19.3 Å². The van der Waals surface area contributed by atoms with Crippen molar-refractivity contribution < 1.29 is 9.53 Å². The van der Waals surface area contributed by atoms with Crippen molar-refractivity contribution in [1.29, 1.82) is 0 Å². The van der Waals surface area contributed by atoms with Crippen LogP contribution < -0.4 is 10.1 Å². The largest absolute Gasteiger partial charge is 0.497 e. The van der Waals surface area contributed by atoms with Crippen molar-refractivity contribution in [3.05, 3.63) is 35.7 Å². The fourth-order valence-corrected chi connectivity index (χ4v) is 2.05. The van der Waals surface area contributed by atoms with Gasteiger partial charge in [-0.3, -0.25) is 9.78 Å². The number of hydrogen-bond donors (Lipinski definition) is 1. The Hall–Kier alpha value is -2.44. The van der Waals surface area contributed by atoms with Gasteiger partial charge >= 0.3 is 0 Å². The van der Waals surface area contributed by atoms with Crippen LogP contribution in [0.3, 0.4) is 0 Å². The van der Waals surface area contributed by atoms with E-state index in [4.69, 9.17) is 4.74 Å². The number of carbonyl (C=O) groups is 1. The predicted octanol–water partition coefficient (Wildman–Crippen LogP) is 1.03. The van der Waals surface area contributed by atoms with E-state index >= 15 is 0 Å². The van der Waals surface area contributed by atoms with E-state index in [2.05, 4.69) is 20.4 Å². The standard InChI is InChI=1S/C14H17N5O2/c1-19-13(17-12(18-19)9-3-4-9)14(20)16-8-10-7-11(21-2)5-6-15-10/h5-7,9H,3-4,8H2,1-2H3,(H,16,20). The van der Waals surface area contributed by atoms with Gasteiger partial charge in [-0.05, 0) is 18.9 Å². The first-order valence-electron chi connectivity index (χ1n) is 6.85. The summed E-state index contributed by atoms with van der Waals surface area (Å²) in [5.74, 6) is 1.99. The van der Waals surface area contributed by atoms with E-state index in [0.29, 0.717) is 24.0 Å². The van der Waals surface area contributed by atoms with Crippen molar-refractivity contribution in [3.63, 3.8) is 0 Å². The van der Waals surface area contributed by atoms with Crippen LogP contribution >= 0.6 is 0 Å². The number of aromatic nitrogens is 4. The summed E-state index contributed by atoms with van der Waals surface area (Å²) in [5, 5.41) is 7.08. The smallest absolute Gasteiger partial charge is 0.289 e. The second-order valence-electron chi connectivity index (χ2n) is 5.06. The first-order valence-corrected chi connectivity index (χ1v) is 6.85. The van der Waals surface area contributed by atoms with Gasteiger partial charge in [0, 0.05) is 25.2 Å². The maximum absolute atomic E-state index is 12.2. The zero-order valence-electron chi connectivity index (χ0n) is 12.0. The number of hydrogen-bond acceptors (Lipinski definition) is 5. The van der Waals surface area contributed by atoms with Crippen LogP contribution in [0.25, 0.3) is 0 Å². The molecule has 0 unspecified atom stereocenters. The summed E-state index contributed by atoms with van der Waals surface area (Å²) >= 11 is 0. The van der Waals surface area contributed by atoms with Crippen LogP contribution in [-0.4, -0.2) is 32.8 Å². The molecule has 1 fully saturated rings. The van der Waals surface area contributed by atoms with Gasteiger partial charge in [-0.25, -0.2) is 9.67 Å². The molecule has 2 aromatic heterocycles. The minimum Gasteiger partial charge on any atom is -0.497 e. The van der Waals surface area contributed by atoms with Crippen LogP contribution in [0.5, 0.6) is 5.75 Å². The van der Waals surface area contributed by atoms with E-state index in [1.54, 1.807) is 32.5 Å². The number of rotatable bonds is 5. The lowest BCUT2D eigenvalue weighted by atomic mass is 10.3. The molecule has 0 saturated heterocycles. The van der Waals surface area contributed by atoms with Crippen molar-refractivity contribution >= 4 is 5.91 Å². The number of nitrogens with one attached hydrogen (secondary N) is 1. The molecule has 1 amide bonds. The molecule has 0 radical (unpaired) electrons. The molecule has 0 spiro atoms. The Balaban J connectivity index is 1.65. The molecule has 1 saturated carbocycles. The van der Waals surface area contributed by atoms with Gasteiger partial charge in [-0.2, -0.15) is 5.10 Å². The average Bonchev–Trinajstić information content (AvgIpc) is 3.28. The number of pyridine rings is 1. The Morgan fingerprint density at radius 2 is 2.33 bits per heavy atom. The summed E-state index contributed by atoms with van der Waals surface area (Å²) in [6.45, 7) is 0.321. The van der Waals surface area contributed by atoms with Crippen LogP contribution in [0, 0.1) is 0 Å². The van der Waals surface area contributed by atoms with Crippen molar-refractivity contribution in [3.8, 4) is 5.75 Å². The molecule has 7 heteroatoms. The summed E-state index contributed by atoms with van der Waals surface area (Å²) < 4.78 is 6.65. The maximum Gasteiger partial charge on any atom is 0.289 e. The first kappa shape index (κ1) is 13.5. The topological polar surface area (TPSA) is 81.9 Å². The van der Waals surface area contributed by atoms with Crippen LogP contribution in [0.1, 0.15) is 40.9 Å². The number of amides is 1. The van der Waals surface area contributed by atoms with Gasteiger partial charge < -0.3 is 10.1 Å². The van der Waals surface area contributed by atoms with Gasteiger partial charge in [0.2, 0.25) is 5.82 Å².